The number of anilines is 1. The minimum absolute atomic E-state index is 0.0225. The van der Waals surface area contributed by atoms with Gasteiger partial charge < -0.3 is 24.8 Å². The van der Waals surface area contributed by atoms with E-state index in [1.165, 1.54) is 0 Å². The van der Waals surface area contributed by atoms with Gasteiger partial charge >= 0.3 is 5.97 Å². The number of aromatic carboxylic acids is 1. The Morgan fingerprint density at radius 3 is 2.69 bits per heavy atom. The number of halogens is 1. The fraction of sp³-hybridized carbons (Fsp3) is 0.625. The first-order valence-electron chi connectivity index (χ1n) is 12.1. The first kappa shape index (κ1) is 28.2. The smallest absolute Gasteiger partial charge is 0.348 e. The van der Waals surface area contributed by atoms with E-state index in [0.29, 0.717) is 55.0 Å². The quantitative estimate of drug-likeness (QED) is 0.233. The fourth-order valence-corrected chi connectivity index (χ4v) is 5.44. The molecular weight excluding hydrogens is 508 g/mol. The summed E-state index contributed by atoms with van der Waals surface area (Å²) in [7, 11) is 1.55. The van der Waals surface area contributed by atoms with Crippen molar-refractivity contribution in [1.82, 2.24) is 10.3 Å². The highest BCUT2D eigenvalue weighted by atomic mass is 35.5. The third kappa shape index (κ3) is 6.90. The molecule has 3 rings (SSSR count). The number of carboxylic acids is 1. The predicted molar refractivity (Wildman–Crippen MR) is 139 cm³/mol. The number of hydrogen-bond donors (Lipinski definition) is 2. The molecule has 0 spiro atoms. The van der Waals surface area contributed by atoms with Crippen molar-refractivity contribution in [1.29, 1.82) is 0 Å². The molecule has 0 unspecified atom stereocenters. The average Bonchev–Trinajstić information content (AvgIpc) is 3.44. The molecule has 1 saturated heterocycles. The summed E-state index contributed by atoms with van der Waals surface area (Å²) in [5, 5.41) is 13.5. The highest BCUT2D eigenvalue weighted by Crippen LogP contribution is 2.31. The van der Waals surface area contributed by atoms with Gasteiger partial charge in [-0.25, -0.2) is 14.8 Å². The van der Waals surface area contributed by atoms with E-state index in [1.807, 2.05) is 25.7 Å². The lowest BCUT2D eigenvalue weighted by Crippen LogP contribution is -2.56. The van der Waals surface area contributed by atoms with Crippen LogP contribution in [0, 0.1) is 0 Å². The summed E-state index contributed by atoms with van der Waals surface area (Å²) < 4.78 is 11.1. The molecule has 198 valence electrons. The third-order valence-electron chi connectivity index (χ3n) is 6.01. The molecule has 0 aliphatic carbocycles. The number of aromatic nitrogens is 1. The van der Waals surface area contributed by atoms with Crippen LogP contribution in [0.4, 0.5) is 5.13 Å². The monoisotopic (exact) mass is 540 g/mol. The van der Waals surface area contributed by atoms with Gasteiger partial charge in [-0.2, -0.15) is 0 Å². The van der Waals surface area contributed by atoms with Crippen molar-refractivity contribution in [2.45, 2.75) is 71.1 Å². The van der Waals surface area contributed by atoms with E-state index < -0.39 is 5.97 Å². The van der Waals surface area contributed by atoms with Crippen molar-refractivity contribution in [3.63, 3.8) is 0 Å². The molecule has 1 aromatic heterocycles. The molecular formula is C24H33ClN4O6S. The van der Waals surface area contributed by atoms with E-state index in [2.05, 4.69) is 15.3 Å². The van der Waals surface area contributed by atoms with Crippen LogP contribution in [0.3, 0.4) is 0 Å². The van der Waals surface area contributed by atoms with Gasteiger partial charge in [0.05, 0.1) is 18.2 Å². The molecule has 12 heteroatoms. The normalized spacial score (nSPS) is 20.2. The zero-order valence-electron chi connectivity index (χ0n) is 21.0. The molecule has 1 amide bonds. The number of Topliss-reactive ketones (excluding diaryl/α,β-unsaturated/α-hetero) is 1. The summed E-state index contributed by atoms with van der Waals surface area (Å²) >= 11 is 7.12. The number of carboxylic acid groups (broad SMARTS) is 1. The summed E-state index contributed by atoms with van der Waals surface area (Å²) in [6, 6.07) is -0.266. The lowest BCUT2D eigenvalue weighted by molar-refractivity contribution is -0.117. The SMILES string of the molecule is CCC1=C(Cl)N=C(C(=O)N[C@@H]2CCN(c3nc(C(=O)CCCOC)c(C(=O)O)s3)C[C@@H]2OC(C)C)C1. The van der Waals surface area contributed by atoms with E-state index in [-0.39, 0.29) is 46.9 Å². The Morgan fingerprint density at radius 1 is 1.33 bits per heavy atom. The van der Waals surface area contributed by atoms with Gasteiger partial charge in [0.15, 0.2) is 10.9 Å². The molecule has 0 radical (unpaired) electrons. The number of carbonyl (C=O) groups excluding carboxylic acids is 2. The number of thiazole rings is 1. The number of carbonyl (C=O) groups is 3. The maximum absolute atomic E-state index is 12.9. The van der Waals surface area contributed by atoms with E-state index in [9.17, 15) is 19.5 Å². The van der Waals surface area contributed by atoms with E-state index in [0.717, 1.165) is 23.3 Å². The summed E-state index contributed by atoms with van der Waals surface area (Å²) in [6.45, 7) is 7.12. The van der Waals surface area contributed by atoms with Crippen LogP contribution in [0.5, 0.6) is 0 Å². The minimum Gasteiger partial charge on any atom is -0.477 e. The molecule has 1 aromatic rings. The number of hydrogen-bond acceptors (Lipinski definition) is 9. The lowest BCUT2D eigenvalue weighted by atomic mass is 10.0. The number of aliphatic imine (C=N–C) groups is 1. The van der Waals surface area contributed by atoms with Crippen LogP contribution in [0.1, 0.15) is 73.0 Å². The van der Waals surface area contributed by atoms with Gasteiger partial charge in [0.25, 0.3) is 5.91 Å². The molecule has 0 aromatic carbocycles. The molecule has 10 nitrogen and oxygen atoms in total. The molecule has 2 N–H and O–H groups in total. The van der Waals surface area contributed by atoms with Crippen LogP contribution >= 0.6 is 22.9 Å². The summed E-state index contributed by atoms with van der Waals surface area (Å²) in [5.41, 5.74) is 1.31. The topological polar surface area (TPSA) is 130 Å². The predicted octanol–water partition coefficient (Wildman–Crippen LogP) is 3.64. The molecule has 2 aliphatic rings. The Kier molecular flexibility index (Phi) is 10.0. The second-order valence-corrected chi connectivity index (χ2v) is 10.4. The maximum atomic E-state index is 12.9. The van der Waals surface area contributed by atoms with Crippen molar-refractivity contribution in [3.05, 3.63) is 21.3 Å². The molecule has 3 heterocycles. The molecule has 36 heavy (non-hydrogen) atoms. The third-order valence-corrected chi connectivity index (χ3v) is 7.47. The average molecular weight is 541 g/mol. The number of amides is 1. The number of nitrogens with one attached hydrogen (secondary N) is 1. The van der Waals surface area contributed by atoms with Gasteiger partial charge in [-0.1, -0.05) is 29.9 Å². The first-order chi connectivity index (χ1) is 17.1. The van der Waals surface area contributed by atoms with Crippen LogP contribution in [-0.2, 0) is 14.3 Å². The number of rotatable bonds is 12. The van der Waals surface area contributed by atoms with Crippen molar-refractivity contribution in [2.75, 3.05) is 31.7 Å². The Labute approximate surface area is 219 Å². The van der Waals surface area contributed by atoms with Crippen molar-refractivity contribution < 1.29 is 29.0 Å². The van der Waals surface area contributed by atoms with Crippen molar-refractivity contribution in [2.24, 2.45) is 4.99 Å². The molecule has 0 bridgehead atoms. The Morgan fingerprint density at radius 2 is 2.08 bits per heavy atom. The largest absolute Gasteiger partial charge is 0.477 e. The van der Waals surface area contributed by atoms with Crippen LogP contribution in [0.15, 0.2) is 15.7 Å². The Balaban J connectivity index is 1.73. The number of allylic oxidation sites excluding steroid dienone is 1. The maximum Gasteiger partial charge on any atom is 0.348 e. The molecule has 2 atom stereocenters. The van der Waals surface area contributed by atoms with E-state index in [4.69, 9.17) is 21.1 Å². The van der Waals surface area contributed by atoms with E-state index >= 15 is 0 Å². The first-order valence-corrected chi connectivity index (χ1v) is 13.3. The number of ether oxygens (including phenoxy) is 2. The summed E-state index contributed by atoms with van der Waals surface area (Å²) in [4.78, 5) is 47.8. The minimum atomic E-state index is -1.18. The number of nitrogens with zero attached hydrogens (tertiary/aromatic N) is 3. The zero-order chi connectivity index (χ0) is 26.4. The van der Waals surface area contributed by atoms with Gasteiger partial charge in [-0.15, -0.1) is 0 Å². The Hall–Kier alpha value is -2.34. The zero-order valence-corrected chi connectivity index (χ0v) is 22.6. The standard InChI is InChI=1S/C24H33ClN4O6S/c1-5-14-11-16(26-21(14)25)22(31)27-15-8-9-29(12-18(15)35-13(2)3)24-28-19(20(36-24)23(32)33)17(30)7-6-10-34-4/h13,15,18H,5-12H2,1-4H3,(H,27,31)(H,32,33)/t15-,18+/m1/s1. The number of methoxy groups -OCH3 is 1. The van der Waals surface area contributed by atoms with Gasteiger partial charge in [0.1, 0.15) is 21.4 Å². The van der Waals surface area contributed by atoms with Gasteiger partial charge in [-0.3, -0.25) is 9.59 Å². The van der Waals surface area contributed by atoms with Crippen molar-refractivity contribution >= 4 is 51.4 Å². The van der Waals surface area contributed by atoms with Crippen LogP contribution in [0.2, 0.25) is 0 Å². The number of ketones is 1. The lowest BCUT2D eigenvalue weighted by Gasteiger charge is -2.39. The van der Waals surface area contributed by atoms with Crippen LogP contribution in [-0.4, -0.2) is 78.5 Å². The number of piperidine rings is 1. The highest BCUT2D eigenvalue weighted by molar-refractivity contribution is 7.17. The highest BCUT2D eigenvalue weighted by Gasteiger charge is 2.35. The van der Waals surface area contributed by atoms with Gasteiger partial charge in [0.2, 0.25) is 0 Å². The molecule has 0 saturated carbocycles. The summed E-state index contributed by atoms with van der Waals surface area (Å²) in [6.07, 6.45) is 1.92. The fourth-order valence-electron chi connectivity index (χ4n) is 4.18. The second kappa shape index (κ2) is 12.8. The molecule has 1 fully saturated rings. The van der Waals surface area contributed by atoms with Gasteiger partial charge in [0, 0.05) is 39.6 Å². The summed E-state index contributed by atoms with van der Waals surface area (Å²) in [5.74, 6) is -1.76. The van der Waals surface area contributed by atoms with Crippen LogP contribution in [0.25, 0.3) is 0 Å². The van der Waals surface area contributed by atoms with Crippen molar-refractivity contribution in [3.8, 4) is 0 Å². The molecule has 2 aliphatic heterocycles. The van der Waals surface area contributed by atoms with Gasteiger partial charge in [-0.05, 0) is 38.7 Å². The Bertz CT molecular complexity index is 1050. The van der Waals surface area contributed by atoms with E-state index in [1.54, 1.807) is 7.11 Å². The second-order valence-electron chi connectivity index (χ2n) is 9.02. The van der Waals surface area contributed by atoms with Crippen LogP contribution < -0.4 is 10.2 Å².